The van der Waals surface area contributed by atoms with E-state index in [1.165, 1.54) is 0 Å². The SMILES string of the molecule is COc1ccc(Br)cc1C1CCCN1C(=O)CC1CSCCN1. The third-order valence-electron chi connectivity index (χ3n) is 4.54. The molecule has 0 radical (unpaired) electrons. The summed E-state index contributed by atoms with van der Waals surface area (Å²) in [5, 5.41) is 3.46. The van der Waals surface area contributed by atoms with Gasteiger partial charge in [0.05, 0.1) is 13.2 Å². The van der Waals surface area contributed by atoms with Crippen molar-refractivity contribution in [2.24, 2.45) is 0 Å². The zero-order valence-corrected chi connectivity index (χ0v) is 15.8. The van der Waals surface area contributed by atoms with Crippen LogP contribution in [0, 0.1) is 0 Å². The van der Waals surface area contributed by atoms with Crippen molar-refractivity contribution in [1.82, 2.24) is 10.2 Å². The molecule has 2 unspecified atom stereocenters. The number of halogens is 1. The highest BCUT2D eigenvalue weighted by Gasteiger charge is 2.33. The van der Waals surface area contributed by atoms with E-state index < -0.39 is 0 Å². The highest BCUT2D eigenvalue weighted by Crippen LogP contribution is 2.38. The largest absolute Gasteiger partial charge is 0.496 e. The van der Waals surface area contributed by atoms with Crippen LogP contribution in [-0.2, 0) is 4.79 Å². The summed E-state index contributed by atoms with van der Waals surface area (Å²) in [6.45, 7) is 1.85. The molecule has 23 heavy (non-hydrogen) atoms. The first kappa shape index (κ1) is 17.1. The van der Waals surface area contributed by atoms with E-state index in [2.05, 4.69) is 27.3 Å². The second-order valence-electron chi connectivity index (χ2n) is 6.06. The molecule has 2 aliphatic rings. The van der Waals surface area contributed by atoms with Crippen LogP contribution in [0.4, 0.5) is 0 Å². The van der Waals surface area contributed by atoms with Crippen LogP contribution in [0.25, 0.3) is 0 Å². The van der Waals surface area contributed by atoms with E-state index in [0.717, 1.165) is 53.2 Å². The molecule has 1 aromatic carbocycles. The van der Waals surface area contributed by atoms with Gasteiger partial charge in [0.15, 0.2) is 0 Å². The Bertz CT molecular complexity index is 564. The molecule has 3 rings (SSSR count). The van der Waals surface area contributed by atoms with Crippen molar-refractivity contribution in [3.05, 3.63) is 28.2 Å². The smallest absolute Gasteiger partial charge is 0.224 e. The molecule has 4 nitrogen and oxygen atoms in total. The molecule has 1 amide bonds. The summed E-state index contributed by atoms with van der Waals surface area (Å²) in [4.78, 5) is 14.9. The zero-order chi connectivity index (χ0) is 16.2. The van der Waals surface area contributed by atoms with Crippen molar-refractivity contribution in [1.29, 1.82) is 0 Å². The Labute approximate surface area is 150 Å². The fourth-order valence-electron chi connectivity index (χ4n) is 3.43. The van der Waals surface area contributed by atoms with Gasteiger partial charge in [-0.05, 0) is 31.0 Å². The highest BCUT2D eigenvalue weighted by molar-refractivity contribution is 9.10. The molecule has 126 valence electrons. The van der Waals surface area contributed by atoms with Crippen LogP contribution in [0.1, 0.15) is 30.9 Å². The average Bonchev–Trinajstić information content (AvgIpc) is 3.05. The first-order valence-corrected chi connectivity index (χ1v) is 10.1. The lowest BCUT2D eigenvalue weighted by molar-refractivity contribution is -0.132. The van der Waals surface area contributed by atoms with E-state index in [4.69, 9.17) is 4.74 Å². The molecule has 2 atom stereocenters. The number of rotatable bonds is 4. The fraction of sp³-hybridized carbons (Fsp3) is 0.588. The van der Waals surface area contributed by atoms with E-state index in [9.17, 15) is 4.79 Å². The number of hydrogen-bond donors (Lipinski definition) is 1. The topological polar surface area (TPSA) is 41.6 Å². The number of carbonyl (C=O) groups is 1. The molecule has 6 heteroatoms. The van der Waals surface area contributed by atoms with Crippen LogP contribution in [0.3, 0.4) is 0 Å². The number of ether oxygens (including phenoxy) is 1. The number of nitrogens with one attached hydrogen (secondary N) is 1. The van der Waals surface area contributed by atoms with Crippen molar-refractivity contribution in [3.8, 4) is 5.75 Å². The summed E-state index contributed by atoms with van der Waals surface area (Å²) in [6, 6.07) is 6.48. The zero-order valence-electron chi connectivity index (χ0n) is 13.4. The molecular formula is C17H23BrN2O2S. The van der Waals surface area contributed by atoms with Gasteiger partial charge in [0, 0.05) is 47.1 Å². The van der Waals surface area contributed by atoms with Gasteiger partial charge in [-0.2, -0.15) is 11.8 Å². The molecule has 1 N–H and O–H groups in total. The summed E-state index contributed by atoms with van der Waals surface area (Å²) < 4.78 is 6.54. The molecule has 1 aromatic rings. The van der Waals surface area contributed by atoms with Crippen LogP contribution in [0.15, 0.2) is 22.7 Å². The number of amides is 1. The molecule has 2 heterocycles. The van der Waals surface area contributed by atoms with Crippen molar-refractivity contribution < 1.29 is 9.53 Å². The first-order valence-electron chi connectivity index (χ1n) is 8.13. The Morgan fingerprint density at radius 2 is 2.39 bits per heavy atom. The van der Waals surface area contributed by atoms with Crippen molar-refractivity contribution in [2.75, 3.05) is 31.7 Å². The minimum atomic E-state index is 0.131. The molecule has 0 saturated carbocycles. The lowest BCUT2D eigenvalue weighted by Gasteiger charge is -2.29. The predicted octanol–water partition coefficient (Wildman–Crippen LogP) is 3.22. The van der Waals surface area contributed by atoms with Crippen molar-refractivity contribution >= 4 is 33.6 Å². The number of hydrogen-bond acceptors (Lipinski definition) is 4. The van der Waals surface area contributed by atoms with E-state index in [1.54, 1.807) is 7.11 Å². The normalized spacial score (nSPS) is 24.7. The monoisotopic (exact) mass is 398 g/mol. The van der Waals surface area contributed by atoms with Gasteiger partial charge in [-0.3, -0.25) is 4.79 Å². The van der Waals surface area contributed by atoms with Crippen LogP contribution in [0.5, 0.6) is 5.75 Å². The molecule has 0 spiro atoms. The second-order valence-corrected chi connectivity index (χ2v) is 8.13. The number of likely N-dealkylation sites (tertiary alicyclic amines) is 1. The standard InChI is InChI=1S/C17H23BrN2O2S/c1-22-16-5-4-12(18)9-14(16)15-3-2-7-20(15)17(21)10-13-11-23-8-6-19-13/h4-5,9,13,15,19H,2-3,6-8,10-11H2,1H3. The summed E-state index contributed by atoms with van der Waals surface area (Å²) in [5.74, 6) is 3.30. The second kappa shape index (κ2) is 7.90. The number of carbonyl (C=O) groups excluding carboxylic acids is 1. The van der Waals surface area contributed by atoms with Gasteiger partial charge < -0.3 is 15.0 Å². The van der Waals surface area contributed by atoms with Gasteiger partial charge in [0.1, 0.15) is 5.75 Å². The minimum absolute atomic E-state index is 0.131. The summed E-state index contributed by atoms with van der Waals surface area (Å²) in [6.07, 6.45) is 2.66. The van der Waals surface area contributed by atoms with Gasteiger partial charge in [-0.25, -0.2) is 0 Å². The summed E-state index contributed by atoms with van der Waals surface area (Å²) >= 11 is 5.47. The number of thioether (sulfide) groups is 1. The van der Waals surface area contributed by atoms with Gasteiger partial charge in [0.25, 0.3) is 0 Å². The van der Waals surface area contributed by atoms with Gasteiger partial charge >= 0.3 is 0 Å². The quantitative estimate of drug-likeness (QED) is 0.844. The first-order chi connectivity index (χ1) is 11.2. The predicted molar refractivity (Wildman–Crippen MR) is 98.1 cm³/mol. The van der Waals surface area contributed by atoms with E-state index in [-0.39, 0.29) is 11.9 Å². The van der Waals surface area contributed by atoms with Crippen LogP contribution >= 0.6 is 27.7 Å². The maximum absolute atomic E-state index is 12.8. The summed E-state index contributed by atoms with van der Waals surface area (Å²) in [5.41, 5.74) is 1.11. The lowest BCUT2D eigenvalue weighted by atomic mass is 10.0. The van der Waals surface area contributed by atoms with Gasteiger partial charge in [-0.15, -0.1) is 0 Å². The van der Waals surface area contributed by atoms with Crippen molar-refractivity contribution in [2.45, 2.75) is 31.3 Å². The summed E-state index contributed by atoms with van der Waals surface area (Å²) in [7, 11) is 1.69. The van der Waals surface area contributed by atoms with E-state index in [0.29, 0.717) is 12.5 Å². The maximum atomic E-state index is 12.8. The Morgan fingerprint density at radius 1 is 1.52 bits per heavy atom. The lowest BCUT2D eigenvalue weighted by Crippen LogP contribution is -2.42. The Kier molecular flexibility index (Phi) is 5.88. The van der Waals surface area contributed by atoms with E-state index in [1.807, 2.05) is 28.8 Å². The third-order valence-corrected chi connectivity index (χ3v) is 6.17. The van der Waals surface area contributed by atoms with Crippen LogP contribution < -0.4 is 10.1 Å². The molecule has 0 aromatic heterocycles. The third kappa shape index (κ3) is 4.03. The Morgan fingerprint density at radius 3 is 3.13 bits per heavy atom. The average molecular weight is 399 g/mol. The minimum Gasteiger partial charge on any atom is -0.496 e. The maximum Gasteiger partial charge on any atom is 0.224 e. The molecule has 0 aliphatic carbocycles. The molecule has 0 bridgehead atoms. The Balaban J connectivity index is 1.74. The molecule has 2 aliphatic heterocycles. The Hall–Kier alpha value is -0.720. The molecule has 2 saturated heterocycles. The molecule has 2 fully saturated rings. The van der Waals surface area contributed by atoms with Crippen LogP contribution in [0.2, 0.25) is 0 Å². The fourth-order valence-corrected chi connectivity index (χ4v) is 4.76. The number of benzene rings is 1. The van der Waals surface area contributed by atoms with E-state index >= 15 is 0 Å². The van der Waals surface area contributed by atoms with Gasteiger partial charge in [0.2, 0.25) is 5.91 Å². The van der Waals surface area contributed by atoms with Gasteiger partial charge in [-0.1, -0.05) is 15.9 Å². The molecular weight excluding hydrogens is 376 g/mol. The number of methoxy groups -OCH3 is 1. The highest BCUT2D eigenvalue weighted by atomic mass is 79.9. The van der Waals surface area contributed by atoms with Crippen molar-refractivity contribution in [3.63, 3.8) is 0 Å². The van der Waals surface area contributed by atoms with Crippen LogP contribution in [-0.4, -0.2) is 48.6 Å². The number of nitrogens with zero attached hydrogens (tertiary/aromatic N) is 1.